The van der Waals surface area contributed by atoms with E-state index in [1.807, 2.05) is 32.1 Å². The molecule has 0 unspecified atom stereocenters. The first-order chi connectivity index (χ1) is 11.0. The highest BCUT2D eigenvalue weighted by molar-refractivity contribution is 6.32. The Hall–Kier alpha value is -2.56. The Morgan fingerprint density at radius 3 is 1.65 bits per heavy atom. The molecule has 0 aliphatic carbocycles. The van der Waals surface area contributed by atoms with E-state index in [4.69, 9.17) is 0 Å². The van der Waals surface area contributed by atoms with E-state index in [2.05, 4.69) is 0 Å². The lowest BCUT2D eigenvalue weighted by atomic mass is 9.93. The lowest BCUT2D eigenvalue weighted by Crippen LogP contribution is -1.99. The third-order valence-electron chi connectivity index (χ3n) is 3.65. The fourth-order valence-corrected chi connectivity index (χ4v) is 2.39. The number of hydrogen-bond acceptors (Lipinski definition) is 0. The first-order valence-corrected chi connectivity index (χ1v) is 6.97. The summed E-state index contributed by atoms with van der Waals surface area (Å²) in [6.45, 7) is 0. The van der Waals surface area contributed by atoms with Crippen molar-refractivity contribution in [1.29, 1.82) is 0 Å². The van der Waals surface area contributed by atoms with Crippen LogP contribution in [0.4, 0.5) is 17.6 Å². The predicted molar refractivity (Wildman–Crippen MR) is 85.3 cm³/mol. The lowest BCUT2D eigenvalue weighted by molar-refractivity contribution is 0.447. The van der Waals surface area contributed by atoms with Gasteiger partial charge in [0.25, 0.3) is 0 Å². The molecule has 3 aromatic carbocycles. The molecule has 0 bridgehead atoms. The van der Waals surface area contributed by atoms with Crippen molar-refractivity contribution in [2.24, 2.45) is 0 Å². The van der Waals surface area contributed by atoms with Crippen molar-refractivity contribution >= 4 is 13.3 Å². The molecule has 3 rings (SSSR count). The van der Waals surface area contributed by atoms with Gasteiger partial charge in [0, 0.05) is 5.56 Å². The van der Waals surface area contributed by atoms with Crippen molar-refractivity contribution in [3.8, 4) is 22.3 Å². The van der Waals surface area contributed by atoms with Crippen LogP contribution in [-0.4, -0.2) is 7.85 Å². The van der Waals surface area contributed by atoms with E-state index < -0.39 is 23.3 Å². The van der Waals surface area contributed by atoms with E-state index in [1.165, 1.54) is 12.1 Å². The Morgan fingerprint density at radius 2 is 1.09 bits per heavy atom. The standard InChI is InChI=1S/C18H11BF4/c19-13-4-1-10(2-5-13)11-3-6-14(15(20)7-11)12-8-16(21)18(23)17(22)9-12/h1-9H,19H2. The van der Waals surface area contributed by atoms with Crippen molar-refractivity contribution in [1.82, 2.24) is 0 Å². The summed E-state index contributed by atoms with van der Waals surface area (Å²) in [7, 11) is 1.95. The summed E-state index contributed by atoms with van der Waals surface area (Å²) >= 11 is 0. The number of rotatable bonds is 2. The first-order valence-electron chi connectivity index (χ1n) is 6.97. The van der Waals surface area contributed by atoms with Crippen LogP contribution in [0.5, 0.6) is 0 Å². The minimum atomic E-state index is -1.56. The molecule has 0 aliphatic rings. The Bertz CT molecular complexity index is 850. The number of benzene rings is 3. The summed E-state index contributed by atoms with van der Waals surface area (Å²) < 4.78 is 53.9. The van der Waals surface area contributed by atoms with Crippen LogP contribution in [0.2, 0.25) is 0 Å². The zero-order valence-corrected chi connectivity index (χ0v) is 12.2. The Labute approximate surface area is 131 Å². The van der Waals surface area contributed by atoms with Crippen LogP contribution in [0, 0.1) is 23.3 Å². The highest BCUT2D eigenvalue weighted by atomic mass is 19.2. The van der Waals surface area contributed by atoms with Crippen molar-refractivity contribution in [2.45, 2.75) is 0 Å². The van der Waals surface area contributed by atoms with Crippen LogP contribution < -0.4 is 5.46 Å². The molecule has 0 spiro atoms. The SMILES string of the molecule is Bc1ccc(-c2ccc(-c3cc(F)c(F)c(F)c3)c(F)c2)cc1. The molecule has 0 amide bonds. The summed E-state index contributed by atoms with van der Waals surface area (Å²) in [5, 5.41) is 0. The van der Waals surface area contributed by atoms with Gasteiger partial charge in [-0.05, 0) is 34.9 Å². The van der Waals surface area contributed by atoms with Crippen molar-refractivity contribution in [3.63, 3.8) is 0 Å². The molecule has 0 atom stereocenters. The van der Waals surface area contributed by atoms with Gasteiger partial charge in [-0.3, -0.25) is 0 Å². The average molecular weight is 314 g/mol. The summed E-state index contributed by atoms with van der Waals surface area (Å²) in [6.07, 6.45) is 0. The van der Waals surface area contributed by atoms with Crippen LogP contribution in [0.3, 0.4) is 0 Å². The third-order valence-corrected chi connectivity index (χ3v) is 3.65. The van der Waals surface area contributed by atoms with Gasteiger partial charge in [-0.2, -0.15) is 0 Å². The van der Waals surface area contributed by atoms with E-state index >= 15 is 0 Å². The molecule has 0 aromatic heterocycles. The van der Waals surface area contributed by atoms with E-state index in [-0.39, 0.29) is 11.1 Å². The minimum absolute atomic E-state index is 0.0126. The topological polar surface area (TPSA) is 0 Å². The smallest absolute Gasteiger partial charge is 0.194 e. The lowest BCUT2D eigenvalue weighted by Gasteiger charge is -2.08. The van der Waals surface area contributed by atoms with Gasteiger partial charge in [0.05, 0.1) is 0 Å². The molecule has 5 heteroatoms. The molecule has 0 nitrogen and oxygen atoms in total. The van der Waals surface area contributed by atoms with Gasteiger partial charge >= 0.3 is 0 Å². The molecule has 0 heterocycles. The minimum Gasteiger partial charge on any atom is -0.206 e. The van der Waals surface area contributed by atoms with Gasteiger partial charge in [-0.15, -0.1) is 0 Å². The Kier molecular flexibility index (Phi) is 3.95. The second kappa shape index (κ2) is 5.91. The normalized spacial score (nSPS) is 10.8. The molecule has 0 saturated carbocycles. The second-order valence-corrected chi connectivity index (χ2v) is 5.31. The zero-order valence-electron chi connectivity index (χ0n) is 12.2. The van der Waals surface area contributed by atoms with Crippen LogP contribution in [0.15, 0.2) is 54.6 Å². The van der Waals surface area contributed by atoms with E-state index in [1.54, 1.807) is 6.07 Å². The van der Waals surface area contributed by atoms with E-state index in [0.717, 1.165) is 23.2 Å². The summed E-state index contributed by atoms with van der Waals surface area (Å²) in [5.74, 6) is -4.89. The molecule has 0 aliphatic heterocycles. The van der Waals surface area contributed by atoms with Crippen molar-refractivity contribution in [3.05, 3.63) is 77.9 Å². The fraction of sp³-hybridized carbons (Fsp3) is 0. The van der Waals surface area contributed by atoms with Crippen LogP contribution in [0.25, 0.3) is 22.3 Å². The van der Waals surface area contributed by atoms with Crippen LogP contribution in [0.1, 0.15) is 0 Å². The molecule has 23 heavy (non-hydrogen) atoms. The van der Waals surface area contributed by atoms with Gasteiger partial charge in [0.15, 0.2) is 17.5 Å². The maximum atomic E-state index is 14.3. The van der Waals surface area contributed by atoms with Gasteiger partial charge in [-0.25, -0.2) is 17.6 Å². The molecular formula is C18H11BF4. The molecule has 0 N–H and O–H groups in total. The molecular weight excluding hydrogens is 303 g/mol. The first kappa shape index (κ1) is 15.3. The molecule has 114 valence electrons. The van der Waals surface area contributed by atoms with Crippen LogP contribution in [-0.2, 0) is 0 Å². The van der Waals surface area contributed by atoms with Crippen LogP contribution >= 0.6 is 0 Å². The van der Waals surface area contributed by atoms with Gasteiger partial charge < -0.3 is 0 Å². The fourth-order valence-electron chi connectivity index (χ4n) is 2.39. The average Bonchev–Trinajstić information content (AvgIpc) is 2.53. The number of hydrogen-bond donors (Lipinski definition) is 0. The van der Waals surface area contributed by atoms with Gasteiger partial charge in [-0.1, -0.05) is 41.9 Å². The highest BCUT2D eigenvalue weighted by Gasteiger charge is 2.14. The van der Waals surface area contributed by atoms with E-state index in [9.17, 15) is 17.6 Å². The van der Waals surface area contributed by atoms with Crippen molar-refractivity contribution < 1.29 is 17.6 Å². The Balaban J connectivity index is 2.04. The highest BCUT2D eigenvalue weighted by Crippen LogP contribution is 2.29. The summed E-state index contributed by atoms with van der Waals surface area (Å²) in [5.41, 5.74) is 2.53. The number of halogens is 4. The quantitative estimate of drug-likeness (QED) is 0.383. The van der Waals surface area contributed by atoms with Crippen molar-refractivity contribution in [2.75, 3.05) is 0 Å². The second-order valence-electron chi connectivity index (χ2n) is 5.31. The largest absolute Gasteiger partial charge is 0.206 e. The zero-order chi connectivity index (χ0) is 16.6. The summed E-state index contributed by atoms with van der Waals surface area (Å²) in [4.78, 5) is 0. The molecule has 0 saturated heterocycles. The molecule has 0 fully saturated rings. The summed E-state index contributed by atoms with van der Waals surface area (Å²) in [6, 6.07) is 13.5. The van der Waals surface area contributed by atoms with E-state index in [0.29, 0.717) is 5.56 Å². The van der Waals surface area contributed by atoms with Gasteiger partial charge in [0.2, 0.25) is 0 Å². The molecule has 3 aromatic rings. The Morgan fingerprint density at radius 1 is 0.565 bits per heavy atom. The predicted octanol–water partition coefficient (Wildman–Crippen LogP) is 3.84. The third kappa shape index (κ3) is 3.00. The van der Waals surface area contributed by atoms with Gasteiger partial charge in [0.1, 0.15) is 13.7 Å². The maximum absolute atomic E-state index is 14.3. The monoisotopic (exact) mass is 314 g/mol. The molecule has 0 radical (unpaired) electrons. The maximum Gasteiger partial charge on any atom is 0.194 e.